The summed E-state index contributed by atoms with van der Waals surface area (Å²) in [5, 5.41) is 0. The third kappa shape index (κ3) is 2.52. The van der Waals surface area contributed by atoms with Crippen molar-refractivity contribution in [2.24, 2.45) is 0 Å². The molecule has 2 aromatic heterocycles. The van der Waals surface area contributed by atoms with Crippen LogP contribution < -0.4 is 5.56 Å². The van der Waals surface area contributed by atoms with Crippen LogP contribution in [0.5, 0.6) is 0 Å². The van der Waals surface area contributed by atoms with E-state index in [1.807, 2.05) is 61.5 Å². The average Bonchev–Trinajstić information content (AvgIpc) is 2.46. The second-order valence-electron chi connectivity index (χ2n) is 4.70. The summed E-state index contributed by atoms with van der Waals surface area (Å²) in [6.07, 6.45) is 5.57. The summed E-state index contributed by atoms with van der Waals surface area (Å²) in [7, 11) is 0. The SMILES string of the molecule is Cc1ccn2c(=O)cc(/C=C/c3ccccc3)nc2c1. The zero-order chi connectivity index (χ0) is 13.9. The normalized spacial score (nSPS) is 11.2. The van der Waals surface area contributed by atoms with Gasteiger partial charge in [-0.2, -0.15) is 0 Å². The molecule has 0 aliphatic carbocycles. The minimum Gasteiger partial charge on any atom is -0.269 e. The number of aromatic nitrogens is 2. The molecule has 0 fully saturated rings. The van der Waals surface area contributed by atoms with E-state index in [2.05, 4.69) is 4.98 Å². The van der Waals surface area contributed by atoms with Gasteiger partial charge < -0.3 is 0 Å². The van der Waals surface area contributed by atoms with Crippen molar-refractivity contribution >= 4 is 17.8 Å². The van der Waals surface area contributed by atoms with Gasteiger partial charge >= 0.3 is 0 Å². The monoisotopic (exact) mass is 262 g/mol. The molecule has 2 heterocycles. The van der Waals surface area contributed by atoms with E-state index < -0.39 is 0 Å². The van der Waals surface area contributed by atoms with Crippen LogP contribution in [0.4, 0.5) is 0 Å². The maximum Gasteiger partial charge on any atom is 0.258 e. The molecule has 0 aliphatic rings. The van der Waals surface area contributed by atoms with Crippen LogP contribution in [0, 0.1) is 6.92 Å². The van der Waals surface area contributed by atoms with Gasteiger partial charge in [-0.25, -0.2) is 4.98 Å². The van der Waals surface area contributed by atoms with Gasteiger partial charge in [-0.1, -0.05) is 36.4 Å². The van der Waals surface area contributed by atoms with Crippen molar-refractivity contribution in [1.29, 1.82) is 0 Å². The molecule has 0 radical (unpaired) electrons. The Labute approximate surface area is 116 Å². The van der Waals surface area contributed by atoms with Gasteiger partial charge in [0, 0.05) is 12.3 Å². The van der Waals surface area contributed by atoms with Crippen LogP contribution in [-0.2, 0) is 0 Å². The number of pyridine rings is 1. The summed E-state index contributed by atoms with van der Waals surface area (Å²) in [5.41, 5.74) is 3.44. The molecule has 0 unspecified atom stereocenters. The second-order valence-corrected chi connectivity index (χ2v) is 4.70. The first-order chi connectivity index (χ1) is 9.72. The Hall–Kier alpha value is -2.68. The molecule has 0 N–H and O–H groups in total. The molecule has 0 saturated heterocycles. The lowest BCUT2D eigenvalue weighted by atomic mass is 10.2. The van der Waals surface area contributed by atoms with Crippen molar-refractivity contribution in [1.82, 2.24) is 9.38 Å². The van der Waals surface area contributed by atoms with Crippen molar-refractivity contribution in [3.8, 4) is 0 Å². The van der Waals surface area contributed by atoms with Gasteiger partial charge in [0.25, 0.3) is 5.56 Å². The first-order valence-electron chi connectivity index (χ1n) is 6.45. The van der Waals surface area contributed by atoms with Crippen LogP contribution in [-0.4, -0.2) is 9.38 Å². The van der Waals surface area contributed by atoms with Crippen molar-refractivity contribution < 1.29 is 0 Å². The molecule has 0 spiro atoms. The van der Waals surface area contributed by atoms with Crippen molar-refractivity contribution in [3.63, 3.8) is 0 Å². The van der Waals surface area contributed by atoms with Crippen LogP contribution in [0.1, 0.15) is 16.8 Å². The Morgan fingerprint density at radius 3 is 2.65 bits per heavy atom. The zero-order valence-corrected chi connectivity index (χ0v) is 11.2. The van der Waals surface area contributed by atoms with E-state index in [0.29, 0.717) is 11.3 Å². The van der Waals surface area contributed by atoms with Crippen LogP contribution in [0.25, 0.3) is 17.8 Å². The van der Waals surface area contributed by atoms with E-state index in [1.165, 1.54) is 0 Å². The van der Waals surface area contributed by atoms with E-state index in [-0.39, 0.29) is 5.56 Å². The molecule has 1 aromatic carbocycles. The summed E-state index contributed by atoms with van der Waals surface area (Å²) >= 11 is 0. The highest BCUT2D eigenvalue weighted by molar-refractivity contribution is 5.68. The van der Waals surface area contributed by atoms with Gasteiger partial charge in [0.1, 0.15) is 5.65 Å². The van der Waals surface area contributed by atoms with Gasteiger partial charge in [-0.05, 0) is 36.3 Å². The number of hydrogen-bond acceptors (Lipinski definition) is 2. The van der Waals surface area contributed by atoms with Crippen LogP contribution in [0.15, 0.2) is 59.5 Å². The molecule has 0 atom stereocenters. The molecule has 0 saturated carbocycles. The quantitative estimate of drug-likeness (QED) is 0.711. The third-order valence-corrected chi connectivity index (χ3v) is 3.09. The van der Waals surface area contributed by atoms with Gasteiger partial charge in [0.05, 0.1) is 5.69 Å². The van der Waals surface area contributed by atoms with E-state index in [9.17, 15) is 4.79 Å². The molecule has 3 nitrogen and oxygen atoms in total. The van der Waals surface area contributed by atoms with Crippen molar-refractivity contribution in [2.75, 3.05) is 0 Å². The molecule has 0 amide bonds. The van der Waals surface area contributed by atoms with Crippen LogP contribution in [0.2, 0.25) is 0 Å². The van der Waals surface area contributed by atoms with Gasteiger partial charge in [-0.3, -0.25) is 9.20 Å². The lowest BCUT2D eigenvalue weighted by molar-refractivity contribution is 1.03. The number of aryl methyl sites for hydroxylation is 1. The molecule has 3 rings (SSSR count). The average molecular weight is 262 g/mol. The highest BCUT2D eigenvalue weighted by Crippen LogP contribution is 2.07. The lowest BCUT2D eigenvalue weighted by Gasteiger charge is -2.02. The fraction of sp³-hybridized carbons (Fsp3) is 0.0588. The maximum absolute atomic E-state index is 12.0. The summed E-state index contributed by atoms with van der Waals surface area (Å²) in [5.74, 6) is 0. The number of benzene rings is 1. The minimum absolute atomic E-state index is 0.0669. The molecule has 3 heteroatoms. The van der Waals surface area contributed by atoms with E-state index in [0.717, 1.165) is 11.1 Å². The predicted molar refractivity (Wildman–Crippen MR) is 81.6 cm³/mol. The molecular weight excluding hydrogens is 248 g/mol. The van der Waals surface area contributed by atoms with Gasteiger partial charge in [0.2, 0.25) is 0 Å². The summed E-state index contributed by atoms with van der Waals surface area (Å²) in [6, 6.07) is 15.3. The molecule has 0 aliphatic heterocycles. The van der Waals surface area contributed by atoms with Gasteiger partial charge in [-0.15, -0.1) is 0 Å². The molecular formula is C17H14N2O. The van der Waals surface area contributed by atoms with Crippen LogP contribution in [0.3, 0.4) is 0 Å². The van der Waals surface area contributed by atoms with Crippen LogP contribution >= 0.6 is 0 Å². The zero-order valence-electron chi connectivity index (χ0n) is 11.2. The summed E-state index contributed by atoms with van der Waals surface area (Å²) in [4.78, 5) is 16.5. The largest absolute Gasteiger partial charge is 0.269 e. The number of fused-ring (bicyclic) bond motifs is 1. The van der Waals surface area contributed by atoms with E-state index >= 15 is 0 Å². The molecule has 3 aromatic rings. The Morgan fingerprint density at radius 1 is 1.05 bits per heavy atom. The van der Waals surface area contributed by atoms with E-state index in [4.69, 9.17) is 0 Å². The Bertz CT molecular complexity index is 832. The number of rotatable bonds is 2. The topological polar surface area (TPSA) is 34.4 Å². The smallest absolute Gasteiger partial charge is 0.258 e. The van der Waals surface area contributed by atoms with Crippen molar-refractivity contribution in [3.05, 3.63) is 81.9 Å². The van der Waals surface area contributed by atoms with E-state index in [1.54, 1.807) is 16.7 Å². The fourth-order valence-corrected chi connectivity index (χ4v) is 2.05. The Morgan fingerprint density at radius 2 is 1.85 bits per heavy atom. The predicted octanol–water partition coefficient (Wildman–Crippen LogP) is 3.17. The minimum atomic E-state index is -0.0669. The third-order valence-electron chi connectivity index (χ3n) is 3.09. The number of nitrogens with zero attached hydrogens (tertiary/aromatic N) is 2. The Kier molecular flexibility index (Phi) is 3.17. The first kappa shape index (κ1) is 12.4. The number of hydrogen-bond donors (Lipinski definition) is 0. The molecule has 0 bridgehead atoms. The molecule has 98 valence electrons. The maximum atomic E-state index is 12.0. The Balaban J connectivity index is 2.05. The lowest BCUT2D eigenvalue weighted by Crippen LogP contribution is -2.14. The standard InChI is InChI=1S/C17H14N2O/c1-13-9-10-19-16(11-13)18-15(12-17(19)20)8-7-14-5-3-2-4-6-14/h2-12H,1H3/b8-7+. The molecule has 20 heavy (non-hydrogen) atoms. The fourth-order valence-electron chi connectivity index (χ4n) is 2.05. The highest BCUT2D eigenvalue weighted by Gasteiger charge is 2.00. The first-order valence-corrected chi connectivity index (χ1v) is 6.45. The summed E-state index contributed by atoms with van der Waals surface area (Å²) in [6.45, 7) is 1.98. The van der Waals surface area contributed by atoms with Gasteiger partial charge in [0.15, 0.2) is 0 Å². The van der Waals surface area contributed by atoms with Crippen molar-refractivity contribution in [2.45, 2.75) is 6.92 Å². The second kappa shape index (κ2) is 5.13. The highest BCUT2D eigenvalue weighted by atomic mass is 16.1. The summed E-state index contributed by atoms with van der Waals surface area (Å²) < 4.78 is 1.55.